The van der Waals surface area contributed by atoms with Gasteiger partial charge >= 0.3 is 11.6 Å². The first kappa shape index (κ1) is 26.2. The fraction of sp³-hybridized carbons (Fsp3) is 0.333. The number of nitrogens with two attached hydrogens (primary N) is 1. The molecule has 1 heterocycles. The Kier molecular flexibility index (Phi) is 11.4. The third-order valence-corrected chi connectivity index (χ3v) is 4.43. The van der Waals surface area contributed by atoms with Gasteiger partial charge in [-0.2, -0.15) is 0 Å². The summed E-state index contributed by atoms with van der Waals surface area (Å²) in [6.45, 7) is 9.25. The molecular weight excluding hydrogens is 416 g/mol. The van der Waals surface area contributed by atoms with Crippen molar-refractivity contribution in [3.05, 3.63) is 70.1 Å². The predicted molar refractivity (Wildman–Crippen MR) is 128 cm³/mol. The fourth-order valence-electron chi connectivity index (χ4n) is 2.65. The van der Waals surface area contributed by atoms with Gasteiger partial charge in [0.25, 0.3) is 0 Å². The molecule has 0 aliphatic carbocycles. The Balaban J connectivity index is 0.00000113. The molecule has 0 aliphatic heterocycles. The zero-order chi connectivity index (χ0) is 23.4. The molecule has 0 aliphatic rings. The second kappa shape index (κ2) is 13.5. The second-order valence-corrected chi connectivity index (χ2v) is 6.31. The van der Waals surface area contributed by atoms with Crippen LogP contribution in [0.2, 0.25) is 0 Å². The normalized spacial score (nSPS) is 9.77. The van der Waals surface area contributed by atoms with Gasteiger partial charge < -0.3 is 19.8 Å². The first-order valence-corrected chi connectivity index (χ1v) is 10.9. The summed E-state index contributed by atoms with van der Waals surface area (Å²) in [5, 5.41) is 0.610. The summed E-state index contributed by atoms with van der Waals surface area (Å²) < 4.78 is 10.5. The van der Waals surface area contributed by atoms with Gasteiger partial charge in [-0.1, -0.05) is 33.8 Å². The molecule has 0 amide bonds. The summed E-state index contributed by atoms with van der Waals surface area (Å²) in [6.07, 6.45) is 0. The molecule has 0 saturated heterocycles. The van der Waals surface area contributed by atoms with Gasteiger partial charge in [0.2, 0.25) is 0 Å². The first-order chi connectivity index (χ1) is 15.0. The van der Waals surface area contributed by atoms with Crippen LogP contribution in [-0.2, 0) is 5.88 Å². The van der Waals surface area contributed by atoms with E-state index in [2.05, 4.69) is 0 Å². The number of rotatable bonds is 6. The Morgan fingerprint density at radius 2 is 1.71 bits per heavy atom. The Morgan fingerprint density at radius 3 is 2.29 bits per heavy atom. The lowest BCUT2D eigenvalue weighted by Crippen LogP contribution is -2.24. The summed E-state index contributed by atoms with van der Waals surface area (Å²) in [7, 11) is 1.92. The summed E-state index contributed by atoms with van der Waals surface area (Å²) in [6, 6.07) is 13.6. The van der Waals surface area contributed by atoms with Crippen LogP contribution < -0.4 is 21.0 Å². The smallest absolute Gasteiger partial charge is 0.351 e. The highest BCUT2D eigenvalue weighted by Gasteiger charge is 2.16. The van der Waals surface area contributed by atoms with Crippen LogP contribution in [0.4, 0.5) is 5.69 Å². The molecule has 3 rings (SSSR count). The molecule has 31 heavy (non-hydrogen) atoms. The molecule has 168 valence electrons. The summed E-state index contributed by atoms with van der Waals surface area (Å²) in [5.41, 5.74) is 6.82. The van der Waals surface area contributed by atoms with E-state index in [1.54, 1.807) is 30.3 Å². The van der Waals surface area contributed by atoms with Crippen LogP contribution in [0.1, 0.15) is 43.6 Å². The maximum Gasteiger partial charge on any atom is 0.351 e. The van der Waals surface area contributed by atoms with Crippen molar-refractivity contribution in [2.24, 2.45) is 5.73 Å². The molecule has 7 heteroatoms. The average molecular weight is 447 g/mol. The van der Waals surface area contributed by atoms with E-state index in [1.165, 1.54) is 6.07 Å². The molecule has 2 aromatic carbocycles. The van der Waals surface area contributed by atoms with Crippen molar-refractivity contribution in [1.29, 1.82) is 0 Å². The number of fused-ring (bicyclic) bond motifs is 1. The number of alkyl halides is 1. The molecule has 3 aromatic rings. The first-order valence-electron chi connectivity index (χ1n) is 10.4. The molecule has 0 fully saturated rings. The number of carbonyl (C=O) groups is 1. The number of anilines is 1. The molecular formula is C24H31ClN2O4. The van der Waals surface area contributed by atoms with Crippen molar-refractivity contribution in [3.8, 4) is 5.75 Å². The summed E-state index contributed by atoms with van der Waals surface area (Å²) >= 11 is 5.83. The standard InChI is InChI=1S/C20H19ClN2O4.2C2H6/c1-23(9-8-22)15-3-5-16(6-4-15)26-19(24)17-11-14-10-13(12-21)2-7-18(14)27-20(17)25;2*1-2/h2-7,10-11H,8-9,12,22H2,1H3;2*1-2H3. The Bertz CT molecular complexity index is 1020. The minimum Gasteiger partial charge on any atom is -0.423 e. The number of halogens is 1. The Labute approximate surface area is 188 Å². The lowest BCUT2D eigenvalue weighted by molar-refractivity contribution is 0.0730. The average Bonchev–Trinajstić information content (AvgIpc) is 2.81. The van der Waals surface area contributed by atoms with E-state index in [-0.39, 0.29) is 5.56 Å². The van der Waals surface area contributed by atoms with Gasteiger partial charge in [-0.05, 0) is 48.0 Å². The number of hydrogen-bond acceptors (Lipinski definition) is 6. The molecule has 1 aromatic heterocycles. The number of hydrogen-bond donors (Lipinski definition) is 1. The zero-order valence-electron chi connectivity index (χ0n) is 18.8. The van der Waals surface area contributed by atoms with Crippen molar-refractivity contribution in [1.82, 2.24) is 0 Å². The monoisotopic (exact) mass is 446 g/mol. The van der Waals surface area contributed by atoms with Gasteiger partial charge in [-0.3, -0.25) is 0 Å². The van der Waals surface area contributed by atoms with Crippen LogP contribution in [0.5, 0.6) is 5.75 Å². The summed E-state index contributed by atoms with van der Waals surface area (Å²) in [4.78, 5) is 26.5. The largest absolute Gasteiger partial charge is 0.423 e. The lowest BCUT2D eigenvalue weighted by atomic mass is 10.1. The van der Waals surface area contributed by atoms with Crippen LogP contribution in [-0.4, -0.2) is 26.1 Å². The predicted octanol–water partition coefficient (Wildman–Crippen LogP) is 5.20. The van der Waals surface area contributed by atoms with E-state index >= 15 is 0 Å². The van der Waals surface area contributed by atoms with Crippen LogP contribution >= 0.6 is 11.6 Å². The molecule has 2 N–H and O–H groups in total. The van der Waals surface area contributed by atoms with E-state index in [9.17, 15) is 9.59 Å². The van der Waals surface area contributed by atoms with Gasteiger partial charge in [-0.15, -0.1) is 11.6 Å². The SMILES string of the molecule is CC.CC.CN(CCN)c1ccc(OC(=O)c2cc3cc(CCl)ccc3oc2=O)cc1. The highest BCUT2D eigenvalue weighted by atomic mass is 35.5. The third-order valence-electron chi connectivity index (χ3n) is 4.12. The van der Waals surface area contributed by atoms with E-state index in [0.29, 0.717) is 35.7 Å². The maximum atomic E-state index is 12.4. The minimum atomic E-state index is -0.773. The molecule has 0 spiro atoms. The van der Waals surface area contributed by atoms with Crippen molar-refractivity contribution in [2.45, 2.75) is 33.6 Å². The van der Waals surface area contributed by atoms with Gasteiger partial charge in [-0.25, -0.2) is 9.59 Å². The maximum absolute atomic E-state index is 12.4. The topological polar surface area (TPSA) is 85.8 Å². The molecule has 0 unspecified atom stereocenters. The van der Waals surface area contributed by atoms with Gasteiger partial charge in [0.15, 0.2) is 0 Å². The number of nitrogens with zero attached hydrogens (tertiary/aromatic N) is 1. The number of likely N-dealkylation sites (N-methyl/N-ethyl adjacent to an activating group) is 1. The number of benzene rings is 2. The molecule has 0 saturated carbocycles. The molecule has 0 radical (unpaired) electrons. The van der Waals surface area contributed by atoms with Crippen molar-refractivity contribution in [3.63, 3.8) is 0 Å². The number of esters is 1. The highest BCUT2D eigenvalue weighted by molar-refractivity contribution is 6.17. The van der Waals surface area contributed by atoms with E-state index in [0.717, 1.165) is 11.3 Å². The Morgan fingerprint density at radius 1 is 1.06 bits per heavy atom. The zero-order valence-corrected chi connectivity index (χ0v) is 19.5. The fourth-order valence-corrected chi connectivity index (χ4v) is 2.82. The van der Waals surface area contributed by atoms with Crippen LogP contribution in [0.15, 0.2) is 57.7 Å². The van der Waals surface area contributed by atoms with Crippen LogP contribution in [0, 0.1) is 0 Å². The quantitative estimate of drug-likeness (QED) is 0.242. The minimum absolute atomic E-state index is 0.168. The third kappa shape index (κ3) is 7.12. The summed E-state index contributed by atoms with van der Waals surface area (Å²) in [5.74, 6) is -0.122. The molecule has 6 nitrogen and oxygen atoms in total. The second-order valence-electron chi connectivity index (χ2n) is 6.05. The van der Waals surface area contributed by atoms with Crippen LogP contribution in [0.25, 0.3) is 11.0 Å². The molecule has 0 atom stereocenters. The highest BCUT2D eigenvalue weighted by Crippen LogP contribution is 2.21. The number of ether oxygens (including phenoxy) is 1. The van der Waals surface area contributed by atoms with E-state index < -0.39 is 11.6 Å². The molecule has 0 bridgehead atoms. The van der Waals surface area contributed by atoms with Gasteiger partial charge in [0, 0.05) is 37.1 Å². The van der Waals surface area contributed by atoms with E-state index in [4.69, 9.17) is 26.5 Å². The lowest BCUT2D eigenvalue weighted by Gasteiger charge is -2.18. The van der Waals surface area contributed by atoms with Crippen LogP contribution in [0.3, 0.4) is 0 Å². The van der Waals surface area contributed by atoms with Crippen molar-refractivity contribution >= 4 is 34.2 Å². The van der Waals surface area contributed by atoms with E-state index in [1.807, 2.05) is 51.8 Å². The van der Waals surface area contributed by atoms with Crippen molar-refractivity contribution in [2.75, 3.05) is 25.0 Å². The van der Waals surface area contributed by atoms with Gasteiger partial charge in [0.1, 0.15) is 16.9 Å². The van der Waals surface area contributed by atoms with Crippen molar-refractivity contribution < 1.29 is 13.9 Å². The van der Waals surface area contributed by atoms with Gasteiger partial charge in [0.05, 0.1) is 0 Å². The Hall–Kier alpha value is -2.83. The number of carbonyl (C=O) groups excluding carboxylic acids is 1.